The molecule has 0 amide bonds. The average molecular weight is 486 g/mol. The Morgan fingerprint density at radius 3 is 2.87 bits per heavy atom. The van der Waals surface area contributed by atoms with Gasteiger partial charge in [0.05, 0.1) is 6.61 Å². The first kappa shape index (κ1) is 21.1. The molecule has 0 saturated carbocycles. The molecular weight excluding hydrogens is 469 g/mol. The number of nitrogens with zero attached hydrogens (tertiary/aromatic N) is 4. The molecule has 4 heterocycles. The quantitative estimate of drug-likeness (QED) is 0.526. The van der Waals surface area contributed by atoms with E-state index in [0.717, 1.165) is 4.90 Å². The Balaban J connectivity index is 1.60. The van der Waals surface area contributed by atoms with Crippen molar-refractivity contribution in [2.45, 2.75) is 34.6 Å². The minimum atomic E-state index is -4.19. The van der Waals surface area contributed by atoms with Crippen LogP contribution in [-0.4, -0.2) is 56.4 Å². The van der Waals surface area contributed by atoms with E-state index in [1.807, 2.05) is 12.1 Å². The van der Waals surface area contributed by atoms with Gasteiger partial charge < -0.3 is 20.1 Å². The molecule has 0 radical (unpaired) electrons. The number of imidazole rings is 1. The van der Waals surface area contributed by atoms with Crippen molar-refractivity contribution in [3.8, 4) is 0 Å². The van der Waals surface area contributed by atoms with Crippen LogP contribution in [0, 0.1) is 0 Å². The summed E-state index contributed by atoms with van der Waals surface area (Å²) < 4.78 is 35.6. The van der Waals surface area contributed by atoms with E-state index in [0.29, 0.717) is 21.3 Å². The zero-order valence-corrected chi connectivity index (χ0v) is 18.5. The molecule has 3 aromatic rings. The van der Waals surface area contributed by atoms with E-state index in [1.165, 1.54) is 25.2 Å². The van der Waals surface area contributed by atoms with Gasteiger partial charge in [0.25, 0.3) is 0 Å². The first-order valence-corrected chi connectivity index (χ1v) is 11.8. The summed E-state index contributed by atoms with van der Waals surface area (Å²) in [6, 6.07) is 7.25. The summed E-state index contributed by atoms with van der Waals surface area (Å²) in [5, 5.41) is 1.13. The van der Waals surface area contributed by atoms with Crippen LogP contribution < -0.4 is 5.73 Å². The molecule has 11 nitrogen and oxygen atoms in total. The van der Waals surface area contributed by atoms with Crippen LogP contribution in [0.2, 0.25) is 5.02 Å². The van der Waals surface area contributed by atoms with Crippen molar-refractivity contribution in [2.24, 2.45) is 0 Å². The molecule has 2 saturated heterocycles. The van der Waals surface area contributed by atoms with Crippen LogP contribution in [0.4, 0.5) is 5.82 Å². The van der Waals surface area contributed by atoms with E-state index in [1.54, 1.807) is 16.7 Å². The number of nitrogens with two attached hydrogens (primary N) is 1. The van der Waals surface area contributed by atoms with Gasteiger partial charge in [0, 0.05) is 17.0 Å². The summed E-state index contributed by atoms with van der Waals surface area (Å²) in [5.74, 6) is 0.213. The molecule has 1 aromatic carbocycles. The van der Waals surface area contributed by atoms with Crippen molar-refractivity contribution in [3.63, 3.8) is 0 Å². The lowest BCUT2D eigenvalue weighted by Crippen LogP contribution is -2.40. The van der Waals surface area contributed by atoms with Gasteiger partial charge in [-0.2, -0.15) is 0 Å². The number of hydrogen-bond donors (Lipinski definition) is 2. The minimum absolute atomic E-state index is 0.113. The lowest BCUT2D eigenvalue weighted by atomic mass is 10.1. The molecule has 2 unspecified atom stereocenters. The summed E-state index contributed by atoms with van der Waals surface area (Å²) in [6.07, 6.45) is -1.60. The third-order valence-electron chi connectivity index (χ3n) is 4.96. The maximum Gasteiger partial charge on any atom is 0.472 e. The van der Waals surface area contributed by atoms with E-state index >= 15 is 0 Å². The van der Waals surface area contributed by atoms with Gasteiger partial charge in [-0.15, -0.1) is 0 Å². The van der Waals surface area contributed by atoms with Crippen molar-refractivity contribution in [2.75, 3.05) is 19.5 Å². The smallest absolute Gasteiger partial charge is 0.382 e. The Kier molecular flexibility index (Phi) is 5.43. The number of anilines is 1. The monoisotopic (exact) mass is 485 g/mol. The number of phosphoric ester groups is 1. The predicted molar refractivity (Wildman–Crippen MR) is 111 cm³/mol. The number of halogens is 1. The number of phosphoric acid groups is 1. The van der Waals surface area contributed by atoms with Gasteiger partial charge in [0.15, 0.2) is 28.4 Å². The molecule has 5 rings (SSSR count). The van der Waals surface area contributed by atoms with Crippen LogP contribution >= 0.6 is 31.2 Å². The third kappa shape index (κ3) is 3.83. The number of methoxy groups -OCH3 is 1. The second-order valence-electron chi connectivity index (χ2n) is 6.85. The number of aromatic nitrogens is 4. The van der Waals surface area contributed by atoms with E-state index in [2.05, 4.69) is 15.0 Å². The van der Waals surface area contributed by atoms with Crippen molar-refractivity contribution in [3.05, 3.63) is 35.6 Å². The largest absolute Gasteiger partial charge is 0.472 e. The maximum absolute atomic E-state index is 12.0. The Labute approximate surface area is 185 Å². The zero-order chi connectivity index (χ0) is 21.8. The van der Waals surface area contributed by atoms with Gasteiger partial charge in [0.1, 0.15) is 24.6 Å². The molecule has 0 aliphatic carbocycles. The summed E-state index contributed by atoms with van der Waals surface area (Å²) in [6.45, 7) is -0.113. The molecule has 164 valence electrons. The molecule has 2 aliphatic heterocycles. The number of ether oxygens (including phenoxy) is 2. The zero-order valence-electron chi connectivity index (χ0n) is 16.0. The molecular formula is C17H17ClN5O6PS. The molecule has 0 bridgehead atoms. The van der Waals surface area contributed by atoms with E-state index < -0.39 is 32.4 Å². The second-order valence-corrected chi connectivity index (χ2v) is 9.73. The number of nitrogen functional groups attached to an aromatic ring is 1. The lowest BCUT2D eigenvalue weighted by molar-refractivity contribution is -0.0690. The highest BCUT2D eigenvalue weighted by molar-refractivity contribution is 7.99. The summed E-state index contributed by atoms with van der Waals surface area (Å²) in [4.78, 5) is 23.6. The normalized spacial score (nSPS) is 30.5. The molecule has 31 heavy (non-hydrogen) atoms. The summed E-state index contributed by atoms with van der Waals surface area (Å²) in [5.41, 5.74) is 6.86. The Hall–Kier alpha value is -1.76. The molecule has 2 fully saturated rings. The molecule has 2 aliphatic rings. The van der Waals surface area contributed by atoms with E-state index in [-0.39, 0.29) is 12.4 Å². The number of fused-ring (bicyclic) bond motifs is 2. The predicted octanol–water partition coefficient (Wildman–Crippen LogP) is 2.64. The second kappa shape index (κ2) is 7.98. The van der Waals surface area contributed by atoms with E-state index in [4.69, 9.17) is 35.9 Å². The highest BCUT2D eigenvalue weighted by Crippen LogP contribution is 2.53. The van der Waals surface area contributed by atoms with Crippen LogP contribution in [0.1, 0.15) is 6.23 Å². The van der Waals surface area contributed by atoms with Gasteiger partial charge in [-0.1, -0.05) is 23.4 Å². The van der Waals surface area contributed by atoms with Gasteiger partial charge in [-0.05, 0) is 24.3 Å². The summed E-state index contributed by atoms with van der Waals surface area (Å²) in [7, 11) is -2.71. The summed E-state index contributed by atoms with van der Waals surface area (Å²) >= 11 is 7.34. The van der Waals surface area contributed by atoms with Crippen LogP contribution in [0.15, 0.2) is 40.6 Å². The lowest BCUT2D eigenvalue weighted by Gasteiger charge is -2.29. The minimum Gasteiger partial charge on any atom is -0.382 e. The molecule has 14 heteroatoms. The van der Waals surface area contributed by atoms with Crippen LogP contribution in [0.5, 0.6) is 0 Å². The van der Waals surface area contributed by atoms with Gasteiger partial charge >= 0.3 is 7.82 Å². The number of rotatable bonds is 4. The van der Waals surface area contributed by atoms with Crippen LogP contribution in [0.25, 0.3) is 11.2 Å². The molecule has 3 N–H and O–H groups in total. The molecule has 0 spiro atoms. The fraction of sp³-hybridized carbons (Fsp3) is 0.353. The average Bonchev–Trinajstić information content (AvgIpc) is 3.26. The van der Waals surface area contributed by atoms with Crippen molar-refractivity contribution in [1.29, 1.82) is 0 Å². The highest BCUT2D eigenvalue weighted by Gasteiger charge is 2.54. The van der Waals surface area contributed by atoms with Crippen molar-refractivity contribution < 1.29 is 28.0 Å². The number of benzene rings is 1. The van der Waals surface area contributed by atoms with Gasteiger partial charge in [-0.25, -0.2) is 19.5 Å². The van der Waals surface area contributed by atoms with E-state index in [9.17, 15) is 9.46 Å². The Bertz CT molecular complexity index is 1180. The first-order chi connectivity index (χ1) is 14.9. The first-order valence-electron chi connectivity index (χ1n) is 9.12. The van der Waals surface area contributed by atoms with Crippen molar-refractivity contribution >= 4 is 48.2 Å². The van der Waals surface area contributed by atoms with Crippen LogP contribution in [-0.2, 0) is 23.1 Å². The maximum atomic E-state index is 12.0. The van der Waals surface area contributed by atoms with Crippen molar-refractivity contribution in [1.82, 2.24) is 19.5 Å². The highest BCUT2D eigenvalue weighted by atomic mass is 35.5. The Morgan fingerprint density at radius 1 is 1.35 bits per heavy atom. The van der Waals surface area contributed by atoms with Gasteiger partial charge in [0.2, 0.25) is 0 Å². The van der Waals surface area contributed by atoms with Crippen LogP contribution in [0.3, 0.4) is 0 Å². The fourth-order valence-corrected chi connectivity index (χ4v) is 5.59. The number of hydrogen-bond acceptors (Lipinski definition) is 10. The fourth-order valence-electron chi connectivity index (χ4n) is 3.60. The standard InChI is InChI=1S/C17H17ClN5O6PS/c1-26-13-12-10(6-27-30(24,25)29-12)28-16(13)23-15-11(14(19)20-7-21-15)22-17(23)31-9-4-2-8(18)3-5-9/h2-5,7,10,12-13,16H,6H2,1H3,(H,24,25)(H2,19,20,21)/t10-,12-,13-,16?/m1/s1. The van der Waals surface area contributed by atoms with Gasteiger partial charge in [-0.3, -0.25) is 13.6 Å². The topological polar surface area (TPSA) is 144 Å². The molecule has 5 atom stereocenters. The SMILES string of the molecule is CO[C@H]1C(n2c(Sc3ccc(Cl)cc3)nc3c(N)ncnc32)O[C@@H]2COP(=O)(O)O[C@H]21. The Morgan fingerprint density at radius 2 is 2.13 bits per heavy atom. The third-order valence-corrected chi connectivity index (χ3v) is 7.18. The molecule has 2 aromatic heterocycles.